The van der Waals surface area contributed by atoms with Gasteiger partial charge >= 0.3 is 5.69 Å². The lowest BCUT2D eigenvalue weighted by molar-refractivity contribution is -0.394. The third-order valence-corrected chi connectivity index (χ3v) is 9.63. The van der Waals surface area contributed by atoms with E-state index in [1.807, 2.05) is 30.3 Å². The number of nitro groups is 2. The summed E-state index contributed by atoms with van der Waals surface area (Å²) in [7, 11) is 4.56. The number of nitrogens with zero attached hydrogens (tertiary/aromatic N) is 4. The van der Waals surface area contributed by atoms with E-state index < -0.39 is 27.3 Å². The maximum Gasteiger partial charge on any atom is 0.318 e. The van der Waals surface area contributed by atoms with Crippen LogP contribution in [0.3, 0.4) is 0 Å². The fourth-order valence-corrected chi connectivity index (χ4v) is 7.32. The molecule has 7 rings (SSSR count). The molecule has 0 saturated heterocycles. The van der Waals surface area contributed by atoms with Gasteiger partial charge in [-0.25, -0.2) is 4.99 Å². The average Bonchev–Trinajstić information content (AvgIpc) is 3.44. The van der Waals surface area contributed by atoms with E-state index in [0.717, 1.165) is 53.4 Å². The summed E-state index contributed by atoms with van der Waals surface area (Å²) in [6, 6.07) is 21.4. The van der Waals surface area contributed by atoms with Crippen molar-refractivity contribution < 1.29 is 28.8 Å². The van der Waals surface area contributed by atoms with Gasteiger partial charge in [0.25, 0.3) is 11.2 Å². The van der Waals surface area contributed by atoms with E-state index in [-0.39, 0.29) is 22.8 Å². The molecule has 1 aliphatic carbocycles. The van der Waals surface area contributed by atoms with E-state index in [4.69, 9.17) is 23.9 Å². The predicted octanol–water partition coefficient (Wildman–Crippen LogP) is 5.95. The Morgan fingerprint density at radius 3 is 2.28 bits per heavy atom. The zero-order valence-corrected chi connectivity index (χ0v) is 27.8. The number of thiazole rings is 1. The topological polar surface area (TPSA) is 158 Å². The summed E-state index contributed by atoms with van der Waals surface area (Å²) in [6.07, 6.45) is 3.27. The zero-order valence-electron chi connectivity index (χ0n) is 26.9. The fraction of sp³-hybridized carbons (Fsp3) is 0.167. The molecule has 50 heavy (non-hydrogen) atoms. The van der Waals surface area contributed by atoms with E-state index in [9.17, 15) is 25.0 Å². The molecular weight excluding hydrogens is 664 g/mol. The van der Waals surface area contributed by atoms with Crippen molar-refractivity contribution in [3.8, 4) is 28.7 Å². The Morgan fingerprint density at radius 2 is 1.54 bits per heavy atom. The molecule has 0 bridgehead atoms. The Bertz CT molecular complexity index is 2430. The molecule has 13 nitrogen and oxygen atoms in total. The maximum atomic E-state index is 14.3. The zero-order chi connectivity index (χ0) is 35.1. The summed E-state index contributed by atoms with van der Waals surface area (Å²) in [6.45, 7) is 0. The number of fused-ring (bicyclic) bond motifs is 3. The molecule has 14 heteroatoms. The van der Waals surface area contributed by atoms with Gasteiger partial charge in [0, 0.05) is 11.6 Å². The Kier molecular flexibility index (Phi) is 8.37. The van der Waals surface area contributed by atoms with Crippen LogP contribution in [0.25, 0.3) is 11.8 Å². The van der Waals surface area contributed by atoms with Crippen LogP contribution in [0, 0.1) is 20.2 Å². The quantitative estimate of drug-likeness (QED) is 0.134. The molecule has 1 atom stereocenters. The minimum atomic E-state index is -0.755. The number of benzene rings is 4. The van der Waals surface area contributed by atoms with Crippen LogP contribution in [-0.4, -0.2) is 35.7 Å². The van der Waals surface area contributed by atoms with Crippen LogP contribution < -0.4 is 33.8 Å². The normalized spacial score (nSPS) is 14.9. The number of rotatable bonds is 9. The third-order valence-electron chi connectivity index (χ3n) is 8.65. The van der Waals surface area contributed by atoms with Gasteiger partial charge in [-0.1, -0.05) is 47.7 Å². The number of ether oxygens (including phenoxy) is 4. The van der Waals surface area contributed by atoms with E-state index in [1.165, 1.54) is 24.0 Å². The van der Waals surface area contributed by atoms with Crippen molar-refractivity contribution in [3.63, 3.8) is 0 Å². The number of allylic oxidation sites excluding steroid dienone is 1. The van der Waals surface area contributed by atoms with Crippen LogP contribution >= 0.6 is 11.3 Å². The van der Waals surface area contributed by atoms with Gasteiger partial charge in [-0.15, -0.1) is 0 Å². The third kappa shape index (κ3) is 5.64. The lowest BCUT2D eigenvalue weighted by Crippen LogP contribution is -2.38. The molecule has 0 fully saturated rings. The first-order chi connectivity index (χ1) is 24.2. The highest BCUT2D eigenvalue weighted by molar-refractivity contribution is 7.07. The van der Waals surface area contributed by atoms with Crippen molar-refractivity contribution >= 4 is 34.5 Å². The highest BCUT2D eigenvalue weighted by atomic mass is 32.1. The summed E-state index contributed by atoms with van der Waals surface area (Å²) in [5, 5.41) is 22.8. The standard InChI is InChI=1S/C36H28N4O9S/c1-46-28-14-10-22(18-31(28)48-3)34-25-12-9-21-6-4-5-7-24(21)33(25)37-36-38(34)35(41)32(50-36)17-20-8-13-29(30(16-20)47-2)49-27-15-11-23(39(42)43)19-26(27)40(44)45/h4-8,10-11,13-19,34H,9,12H2,1-3H3/b32-17-/t34-/m0/s1. The van der Waals surface area contributed by atoms with Crippen LogP contribution in [0.15, 0.2) is 94.2 Å². The molecule has 0 amide bonds. The molecule has 1 aromatic heterocycles. The van der Waals surface area contributed by atoms with Gasteiger partial charge in [-0.2, -0.15) is 0 Å². The lowest BCUT2D eigenvalue weighted by Gasteiger charge is -2.31. The number of non-ortho nitro benzene ring substituents is 1. The first kappa shape index (κ1) is 32.3. The van der Waals surface area contributed by atoms with Gasteiger partial charge in [0.15, 0.2) is 27.8 Å². The van der Waals surface area contributed by atoms with Crippen molar-refractivity contribution in [1.29, 1.82) is 0 Å². The highest BCUT2D eigenvalue weighted by Crippen LogP contribution is 2.43. The average molecular weight is 693 g/mol. The number of nitro benzene ring substituents is 2. The van der Waals surface area contributed by atoms with Gasteiger partial charge in [-0.05, 0) is 71.5 Å². The van der Waals surface area contributed by atoms with E-state index in [0.29, 0.717) is 26.4 Å². The first-order valence-corrected chi connectivity index (χ1v) is 16.2. The van der Waals surface area contributed by atoms with Crippen LogP contribution in [0.1, 0.15) is 34.7 Å². The van der Waals surface area contributed by atoms with Crippen LogP contribution in [0.4, 0.5) is 11.4 Å². The van der Waals surface area contributed by atoms with E-state index in [2.05, 4.69) is 12.1 Å². The van der Waals surface area contributed by atoms with Crippen LogP contribution in [-0.2, 0) is 6.42 Å². The number of aromatic nitrogens is 1. The SMILES string of the molecule is COc1ccc([C@H]2C3=C(N=c4s/c(=C\c5ccc(Oc6ccc([N+](=O)[O-])cc6[N+](=O)[O-])c(OC)c5)c(=O)n42)c2ccccc2CC3)cc1OC. The van der Waals surface area contributed by atoms with E-state index >= 15 is 0 Å². The summed E-state index contributed by atoms with van der Waals surface area (Å²) in [5.41, 5.74) is 4.39. The maximum absolute atomic E-state index is 14.3. The molecule has 5 aromatic rings. The minimum Gasteiger partial charge on any atom is -0.493 e. The summed E-state index contributed by atoms with van der Waals surface area (Å²) in [5.74, 6) is 1.31. The largest absolute Gasteiger partial charge is 0.493 e. The van der Waals surface area contributed by atoms with Crippen LogP contribution in [0.5, 0.6) is 28.7 Å². The van der Waals surface area contributed by atoms with Crippen molar-refractivity contribution in [2.75, 3.05) is 21.3 Å². The molecule has 1 aliphatic heterocycles. The van der Waals surface area contributed by atoms with Crippen molar-refractivity contribution in [1.82, 2.24) is 4.57 Å². The van der Waals surface area contributed by atoms with Crippen molar-refractivity contribution in [3.05, 3.63) is 147 Å². The van der Waals surface area contributed by atoms with Crippen molar-refractivity contribution in [2.45, 2.75) is 18.9 Å². The summed E-state index contributed by atoms with van der Waals surface area (Å²) in [4.78, 5) is 41.2. The Hall–Kier alpha value is -6.28. The highest BCUT2D eigenvalue weighted by Gasteiger charge is 2.33. The molecule has 0 radical (unpaired) electrons. The predicted molar refractivity (Wildman–Crippen MR) is 185 cm³/mol. The molecule has 4 aromatic carbocycles. The number of hydrogen-bond donors (Lipinski definition) is 0. The molecular formula is C36H28N4O9S. The smallest absolute Gasteiger partial charge is 0.318 e. The molecule has 252 valence electrons. The van der Waals surface area contributed by atoms with Gasteiger partial charge in [0.1, 0.15) is 0 Å². The van der Waals surface area contributed by atoms with Gasteiger partial charge < -0.3 is 18.9 Å². The Morgan fingerprint density at radius 1 is 0.820 bits per heavy atom. The second-order valence-corrected chi connectivity index (χ2v) is 12.4. The van der Waals surface area contributed by atoms with Gasteiger partial charge in [0.2, 0.25) is 5.75 Å². The summed E-state index contributed by atoms with van der Waals surface area (Å²) < 4.78 is 24.6. The first-order valence-electron chi connectivity index (χ1n) is 15.3. The molecule has 0 N–H and O–H groups in total. The Balaban J connectivity index is 1.33. The minimum absolute atomic E-state index is 0.142. The lowest BCUT2D eigenvalue weighted by atomic mass is 9.83. The monoisotopic (exact) mass is 692 g/mol. The number of methoxy groups -OCH3 is 3. The van der Waals surface area contributed by atoms with Crippen molar-refractivity contribution in [2.24, 2.45) is 4.99 Å². The molecule has 0 spiro atoms. The Labute approximate surface area is 287 Å². The second-order valence-electron chi connectivity index (χ2n) is 11.4. The molecule has 2 heterocycles. The molecule has 2 aliphatic rings. The second kappa shape index (κ2) is 13.0. The van der Waals surface area contributed by atoms with Gasteiger partial charge in [-0.3, -0.25) is 29.6 Å². The summed E-state index contributed by atoms with van der Waals surface area (Å²) >= 11 is 1.27. The number of aryl methyl sites for hydroxylation is 1. The van der Waals surface area contributed by atoms with E-state index in [1.54, 1.807) is 43.1 Å². The fourth-order valence-electron chi connectivity index (χ4n) is 6.32. The molecule has 0 unspecified atom stereocenters. The van der Waals surface area contributed by atoms with Crippen LogP contribution in [0.2, 0.25) is 0 Å². The number of hydrogen-bond acceptors (Lipinski definition) is 11. The molecule has 0 saturated carbocycles. The van der Waals surface area contributed by atoms with Gasteiger partial charge in [0.05, 0.1) is 53.5 Å².